The topological polar surface area (TPSA) is 60.5 Å². The van der Waals surface area contributed by atoms with Gasteiger partial charge in [-0.15, -0.1) is 0 Å². The standard InChI is InChI=1S/C22H9F17N2O3/c23-15(18(27,28)29,14(42)41-13-9-5-1-3-7-11(9)40-12-8-4-2-6-10(12)13)43-22(38,39)17(26,20(33,34)35)44-21(36,37)16(24,25)19(30,31)32/h1-8H,(H,40,41,42). The Morgan fingerprint density at radius 1 is 0.568 bits per heavy atom. The number of nitrogens with one attached hydrogen (secondary N) is 1. The largest absolute Gasteiger partial charge is 0.462 e. The molecule has 0 aliphatic carbocycles. The van der Waals surface area contributed by atoms with Crippen molar-refractivity contribution in [2.24, 2.45) is 0 Å². The minimum atomic E-state index is -8.10. The number of para-hydroxylation sites is 2. The molecule has 1 heterocycles. The number of benzene rings is 2. The predicted molar refractivity (Wildman–Crippen MR) is 111 cm³/mol. The number of hydrogen-bond donors (Lipinski definition) is 1. The van der Waals surface area contributed by atoms with Crippen LogP contribution >= 0.6 is 0 Å². The van der Waals surface area contributed by atoms with Crippen LogP contribution in [0.15, 0.2) is 48.5 Å². The summed E-state index contributed by atoms with van der Waals surface area (Å²) in [5.41, 5.74) is -1.25. The minimum absolute atomic E-state index is 0.176. The van der Waals surface area contributed by atoms with Gasteiger partial charge in [0.2, 0.25) is 0 Å². The van der Waals surface area contributed by atoms with Crippen LogP contribution in [-0.2, 0) is 14.3 Å². The van der Waals surface area contributed by atoms with E-state index in [1.54, 1.807) is 0 Å². The van der Waals surface area contributed by atoms with E-state index in [2.05, 4.69) is 9.72 Å². The van der Waals surface area contributed by atoms with E-state index >= 15 is 4.39 Å². The number of carbonyl (C=O) groups is 1. The van der Waals surface area contributed by atoms with Gasteiger partial charge in [-0.1, -0.05) is 36.4 Å². The second-order valence-electron chi connectivity index (χ2n) is 8.47. The number of halogens is 17. The van der Waals surface area contributed by atoms with E-state index in [9.17, 15) is 75.0 Å². The highest BCUT2D eigenvalue weighted by atomic mass is 19.4. The Morgan fingerprint density at radius 2 is 1.00 bits per heavy atom. The van der Waals surface area contributed by atoms with Crippen molar-refractivity contribution in [3.05, 3.63) is 48.5 Å². The molecule has 3 rings (SSSR count). The number of ether oxygens (including phenoxy) is 2. The molecule has 1 amide bonds. The fourth-order valence-electron chi connectivity index (χ4n) is 3.33. The van der Waals surface area contributed by atoms with Crippen molar-refractivity contribution >= 4 is 33.4 Å². The van der Waals surface area contributed by atoms with E-state index < -0.39 is 60.0 Å². The first-order chi connectivity index (χ1) is 19.6. The zero-order chi connectivity index (χ0) is 33.9. The van der Waals surface area contributed by atoms with Gasteiger partial charge in [-0.05, 0) is 12.1 Å². The summed E-state index contributed by atoms with van der Waals surface area (Å²) in [6, 6.07) is 9.18. The quantitative estimate of drug-likeness (QED) is 0.194. The third-order valence-electron chi connectivity index (χ3n) is 5.48. The van der Waals surface area contributed by atoms with Crippen LogP contribution in [0.1, 0.15) is 0 Å². The summed E-state index contributed by atoms with van der Waals surface area (Å²) in [7, 11) is 0. The van der Waals surface area contributed by atoms with E-state index in [4.69, 9.17) is 0 Å². The van der Waals surface area contributed by atoms with Crippen LogP contribution in [-0.4, -0.2) is 59.3 Å². The molecule has 244 valence electrons. The lowest BCUT2D eigenvalue weighted by Crippen LogP contribution is -2.68. The van der Waals surface area contributed by atoms with Crippen molar-refractivity contribution in [2.45, 2.75) is 48.4 Å². The summed E-state index contributed by atoms with van der Waals surface area (Å²) in [5, 5.41) is 0.343. The van der Waals surface area contributed by atoms with Crippen molar-refractivity contribution in [2.75, 3.05) is 5.32 Å². The highest BCUT2D eigenvalue weighted by Gasteiger charge is 2.85. The predicted octanol–water partition coefficient (Wildman–Crippen LogP) is 8.20. The van der Waals surface area contributed by atoms with Crippen molar-refractivity contribution in [1.82, 2.24) is 4.98 Å². The lowest BCUT2D eigenvalue weighted by Gasteiger charge is -2.40. The molecule has 3 aromatic rings. The van der Waals surface area contributed by atoms with Crippen LogP contribution < -0.4 is 5.32 Å². The van der Waals surface area contributed by atoms with Crippen LogP contribution in [0.25, 0.3) is 21.8 Å². The summed E-state index contributed by atoms with van der Waals surface area (Å²) in [6.45, 7) is 0. The molecule has 0 aliphatic heterocycles. The number of aromatic nitrogens is 1. The van der Waals surface area contributed by atoms with Gasteiger partial charge in [-0.25, -0.2) is 4.98 Å². The Labute approximate surface area is 230 Å². The van der Waals surface area contributed by atoms with Crippen molar-refractivity contribution in [3.63, 3.8) is 0 Å². The molecule has 22 heteroatoms. The van der Waals surface area contributed by atoms with E-state index in [0.717, 1.165) is 41.7 Å². The molecule has 2 atom stereocenters. The Balaban J connectivity index is 2.16. The van der Waals surface area contributed by atoms with Gasteiger partial charge in [0.25, 0.3) is 5.91 Å². The Kier molecular flexibility index (Phi) is 8.26. The second kappa shape index (κ2) is 10.4. The summed E-state index contributed by atoms with van der Waals surface area (Å²) >= 11 is 0. The van der Waals surface area contributed by atoms with E-state index in [1.165, 1.54) is 16.9 Å². The fraction of sp³-hybridized carbons (Fsp3) is 0.364. The molecular formula is C22H9F17N2O3. The summed E-state index contributed by atoms with van der Waals surface area (Å²) in [6.07, 6.45) is -38.8. The number of nitrogens with zero attached hydrogens (tertiary/aromatic N) is 1. The first kappa shape index (κ1) is 34.8. The molecule has 0 radical (unpaired) electrons. The number of carbonyl (C=O) groups excluding carboxylic acids is 1. The zero-order valence-corrected chi connectivity index (χ0v) is 20.2. The average molecular weight is 672 g/mol. The SMILES string of the molecule is O=C(Nc1c2ccccc2nc2ccccc12)C(F)(OC(F)(F)C(F)(OC(F)(F)C(F)(F)C(F)(F)F)C(F)(F)F)C(F)(F)F. The molecule has 2 aromatic carbocycles. The van der Waals surface area contributed by atoms with Crippen LogP contribution in [0.4, 0.5) is 80.3 Å². The number of anilines is 1. The van der Waals surface area contributed by atoms with Crippen molar-refractivity contribution in [3.8, 4) is 0 Å². The number of amides is 1. The number of pyridine rings is 1. The molecule has 44 heavy (non-hydrogen) atoms. The molecule has 0 aliphatic rings. The first-order valence-electron chi connectivity index (χ1n) is 10.8. The number of fused-ring (bicyclic) bond motifs is 2. The molecule has 2 unspecified atom stereocenters. The Bertz CT molecular complexity index is 1500. The second-order valence-corrected chi connectivity index (χ2v) is 8.47. The highest BCUT2D eigenvalue weighted by molar-refractivity contribution is 6.13. The van der Waals surface area contributed by atoms with Crippen LogP contribution in [0.5, 0.6) is 0 Å². The van der Waals surface area contributed by atoms with Gasteiger partial charge in [0, 0.05) is 10.8 Å². The summed E-state index contributed by atoms with van der Waals surface area (Å²) in [4.78, 5) is 16.5. The Morgan fingerprint density at radius 3 is 1.39 bits per heavy atom. The van der Waals surface area contributed by atoms with Gasteiger partial charge in [-0.3, -0.25) is 14.3 Å². The van der Waals surface area contributed by atoms with Gasteiger partial charge in [0.15, 0.2) is 0 Å². The third kappa shape index (κ3) is 5.63. The maximum Gasteiger partial charge on any atom is 0.462 e. The van der Waals surface area contributed by atoms with Crippen molar-refractivity contribution < 1.29 is 88.9 Å². The molecule has 1 aromatic heterocycles. The highest BCUT2D eigenvalue weighted by Crippen LogP contribution is 2.56. The van der Waals surface area contributed by atoms with E-state index in [-0.39, 0.29) is 21.8 Å². The molecule has 0 fully saturated rings. The molecule has 5 nitrogen and oxygen atoms in total. The van der Waals surface area contributed by atoms with Gasteiger partial charge in [-0.2, -0.15) is 74.6 Å². The molecular weight excluding hydrogens is 663 g/mol. The monoisotopic (exact) mass is 672 g/mol. The van der Waals surface area contributed by atoms with Crippen LogP contribution in [0.3, 0.4) is 0 Å². The normalized spacial score (nSPS) is 16.9. The molecule has 0 saturated heterocycles. The van der Waals surface area contributed by atoms with Gasteiger partial charge >= 0.3 is 48.4 Å². The smallest absolute Gasteiger partial charge is 0.320 e. The van der Waals surface area contributed by atoms with E-state index in [1.807, 2.05) is 0 Å². The summed E-state index contributed by atoms with van der Waals surface area (Å²) < 4.78 is 232. The minimum Gasteiger partial charge on any atom is -0.320 e. The number of alkyl halides is 17. The molecule has 0 spiro atoms. The third-order valence-corrected chi connectivity index (χ3v) is 5.48. The zero-order valence-electron chi connectivity index (χ0n) is 20.2. The van der Waals surface area contributed by atoms with E-state index in [0.29, 0.717) is 0 Å². The maximum absolute atomic E-state index is 15.1. The number of rotatable bonds is 8. The molecule has 1 N–H and O–H groups in total. The average Bonchev–Trinajstić information content (AvgIpc) is 2.85. The van der Waals surface area contributed by atoms with Gasteiger partial charge in [0.05, 0.1) is 16.7 Å². The van der Waals surface area contributed by atoms with Crippen LogP contribution in [0, 0.1) is 0 Å². The molecule has 0 saturated carbocycles. The fourth-order valence-corrected chi connectivity index (χ4v) is 3.33. The van der Waals surface area contributed by atoms with Crippen molar-refractivity contribution in [1.29, 1.82) is 0 Å². The summed E-state index contributed by atoms with van der Waals surface area (Å²) in [5.74, 6) is -26.4. The first-order valence-corrected chi connectivity index (χ1v) is 10.8. The number of hydrogen-bond acceptors (Lipinski definition) is 4. The molecule has 0 bridgehead atoms. The lowest BCUT2D eigenvalue weighted by molar-refractivity contribution is -0.548. The Hall–Kier alpha value is -3.69. The maximum atomic E-state index is 15.1. The van der Waals surface area contributed by atoms with Gasteiger partial charge < -0.3 is 5.32 Å². The van der Waals surface area contributed by atoms with Crippen LogP contribution in [0.2, 0.25) is 0 Å². The van der Waals surface area contributed by atoms with Gasteiger partial charge in [0.1, 0.15) is 0 Å². The lowest BCUT2D eigenvalue weighted by atomic mass is 10.1.